The fraction of sp³-hybridized carbons (Fsp3) is 0.750. The van der Waals surface area contributed by atoms with Gasteiger partial charge in [0.15, 0.2) is 0 Å². The molecular weight excluding hydrogens is 304 g/mol. The normalized spacial score (nSPS) is 42.8. The van der Waals surface area contributed by atoms with Crippen LogP contribution in [0.1, 0.15) is 33.1 Å². The lowest BCUT2D eigenvalue weighted by Gasteiger charge is -2.52. The molecule has 2 fully saturated rings. The van der Waals surface area contributed by atoms with Crippen LogP contribution in [0, 0.1) is 11.8 Å². The van der Waals surface area contributed by atoms with E-state index in [1.807, 2.05) is 0 Å². The summed E-state index contributed by atoms with van der Waals surface area (Å²) in [5, 5.41) is 30.8. The summed E-state index contributed by atoms with van der Waals surface area (Å²) in [7, 11) is 0. The highest BCUT2D eigenvalue weighted by Gasteiger charge is 2.60. The summed E-state index contributed by atoms with van der Waals surface area (Å²) in [4.78, 5) is 23.2. The quantitative estimate of drug-likeness (QED) is 0.596. The highest BCUT2D eigenvalue weighted by Crippen LogP contribution is 2.51. The lowest BCUT2D eigenvalue weighted by Crippen LogP contribution is -2.63. The summed E-state index contributed by atoms with van der Waals surface area (Å²) < 4.78 is 10.6. The molecule has 23 heavy (non-hydrogen) atoms. The highest BCUT2D eigenvalue weighted by molar-refractivity contribution is 5.92. The van der Waals surface area contributed by atoms with Gasteiger partial charge in [-0.25, -0.2) is 4.79 Å². The number of carbonyl (C=O) groups is 2. The van der Waals surface area contributed by atoms with Gasteiger partial charge >= 0.3 is 11.9 Å². The second-order valence-corrected chi connectivity index (χ2v) is 6.84. The van der Waals surface area contributed by atoms with Crippen LogP contribution in [0.2, 0.25) is 0 Å². The van der Waals surface area contributed by atoms with Crippen LogP contribution in [0.3, 0.4) is 0 Å². The average Bonchev–Trinajstić information content (AvgIpc) is 2.78. The molecule has 0 aromatic carbocycles. The number of hydrogen-bond donors (Lipinski definition) is 3. The van der Waals surface area contributed by atoms with Crippen LogP contribution in [0.15, 0.2) is 11.1 Å². The summed E-state index contributed by atoms with van der Waals surface area (Å²) >= 11 is 0. The van der Waals surface area contributed by atoms with E-state index >= 15 is 0 Å². The van der Waals surface area contributed by atoms with E-state index in [1.165, 1.54) is 6.92 Å². The third-order valence-electron chi connectivity index (χ3n) is 5.49. The molecule has 0 radical (unpaired) electrons. The summed E-state index contributed by atoms with van der Waals surface area (Å²) in [5.74, 6) is -1.94. The molecule has 3 rings (SSSR count). The topological polar surface area (TPSA) is 113 Å². The van der Waals surface area contributed by atoms with Gasteiger partial charge in [-0.05, 0) is 31.3 Å². The van der Waals surface area contributed by atoms with E-state index in [-0.39, 0.29) is 17.9 Å². The number of hydrogen-bond acceptors (Lipinski definition) is 7. The van der Waals surface area contributed by atoms with Crippen molar-refractivity contribution in [2.75, 3.05) is 6.61 Å². The molecule has 0 spiro atoms. The number of ether oxygens (including phenoxy) is 2. The molecule has 3 N–H and O–H groups in total. The zero-order chi connectivity index (χ0) is 16.9. The fourth-order valence-electron chi connectivity index (χ4n) is 4.42. The van der Waals surface area contributed by atoms with Gasteiger partial charge in [0.05, 0.1) is 18.3 Å². The molecule has 0 aromatic heterocycles. The minimum Gasteiger partial charge on any atom is -0.459 e. The second-order valence-electron chi connectivity index (χ2n) is 6.84. The van der Waals surface area contributed by atoms with Crippen LogP contribution < -0.4 is 0 Å². The van der Waals surface area contributed by atoms with Gasteiger partial charge in [0.1, 0.15) is 17.8 Å². The van der Waals surface area contributed by atoms with Crippen molar-refractivity contribution in [2.24, 2.45) is 11.8 Å². The standard InChI is InChI=1S/C16H22O7/c1-7(18)22-12-5-11(19)9-4-3-8-10(6-17)15(20)23-14(8)13(9)16(12,2)21/h9,11-14,17,19,21H,3-6H2,1-2H3/t9?,11-,12+,13+,14+,16-/m1/s1. The molecule has 2 aliphatic carbocycles. The van der Waals surface area contributed by atoms with E-state index in [0.717, 1.165) is 0 Å². The van der Waals surface area contributed by atoms with Crippen molar-refractivity contribution in [3.8, 4) is 0 Å². The molecule has 0 bridgehead atoms. The van der Waals surface area contributed by atoms with Crippen LogP contribution in [-0.4, -0.2) is 57.8 Å². The van der Waals surface area contributed by atoms with Gasteiger partial charge in [-0.2, -0.15) is 0 Å². The maximum atomic E-state index is 11.9. The Morgan fingerprint density at radius 1 is 1.48 bits per heavy atom. The van der Waals surface area contributed by atoms with E-state index in [0.29, 0.717) is 18.4 Å². The van der Waals surface area contributed by atoms with Crippen molar-refractivity contribution in [1.29, 1.82) is 0 Å². The lowest BCUT2D eigenvalue weighted by molar-refractivity contribution is -0.219. The van der Waals surface area contributed by atoms with E-state index in [2.05, 4.69) is 0 Å². The molecule has 1 aliphatic heterocycles. The Morgan fingerprint density at radius 3 is 2.78 bits per heavy atom. The zero-order valence-electron chi connectivity index (χ0n) is 13.2. The van der Waals surface area contributed by atoms with E-state index < -0.39 is 48.4 Å². The molecular formula is C16H22O7. The first-order chi connectivity index (χ1) is 10.8. The Labute approximate surface area is 133 Å². The van der Waals surface area contributed by atoms with E-state index in [4.69, 9.17) is 9.47 Å². The van der Waals surface area contributed by atoms with Gasteiger partial charge in [-0.15, -0.1) is 0 Å². The molecule has 2 saturated carbocycles. The Bertz CT molecular complexity index is 565. The summed E-state index contributed by atoms with van der Waals surface area (Å²) in [6.07, 6.45) is -1.03. The maximum Gasteiger partial charge on any atom is 0.337 e. The molecule has 7 heteroatoms. The van der Waals surface area contributed by atoms with Crippen molar-refractivity contribution in [1.82, 2.24) is 0 Å². The minimum atomic E-state index is -1.43. The van der Waals surface area contributed by atoms with Crippen molar-refractivity contribution < 1.29 is 34.4 Å². The Hall–Kier alpha value is -1.44. The van der Waals surface area contributed by atoms with Gasteiger partial charge in [-0.1, -0.05) is 0 Å². The number of carbonyl (C=O) groups excluding carboxylic acids is 2. The largest absolute Gasteiger partial charge is 0.459 e. The Morgan fingerprint density at radius 2 is 2.17 bits per heavy atom. The SMILES string of the molecule is CC(=O)O[C@H]1C[C@@H](O)C2CCC3=C(CO)C(=O)O[C@@H]3[C@H]2[C@]1(C)O. The first kappa shape index (κ1) is 16.4. The van der Waals surface area contributed by atoms with E-state index in [1.54, 1.807) is 6.92 Å². The molecule has 3 aliphatic rings. The molecule has 1 unspecified atom stereocenters. The summed E-state index contributed by atoms with van der Waals surface area (Å²) in [6.45, 7) is 2.40. The number of esters is 2. The van der Waals surface area contributed by atoms with Gasteiger partial charge in [0.25, 0.3) is 0 Å². The second kappa shape index (κ2) is 5.58. The van der Waals surface area contributed by atoms with Gasteiger partial charge < -0.3 is 24.8 Å². The molecule has 0 amide bonds. The molecule has 128 valence electrons. The first-order valence-electron chi connectivity index (χ1n) is 7.88. The smallest absolute Gasteiger partial charge is 0.337 e. The van der Waals surface area contributed by atoms with Crippen LogP contribution in [0.25, 0.3) is 0 Å². The lowest BCUT2D eigenvalue weighted by atomic mass is 9.59. The number of aliphatic hydroxyl groups is 3. The Balaban J connectivity index is 1.98. The van der Waals surface area contributed by atoms with Crippen molar-refractivity contribution in [2.45, 2.75) is 57.0 Å². The molecule has 1 heterocycles. The van der Waals surface area contributed by atoms with Gasteiger partial charge in [0.2, 0.25) is 0 Å². The predicted molar refractivity (Wildman–Crippen MR) is 77.0 cm³/mol. The summed E-state index contributed by atoms with van der Waals surface area (Å²) in [5.41, 5.74) is -0.500. The summed E-state index contributed by atoms with van der Waals surface area (Å²) in [6, 6.07) is 0. The fourth-order valence-corrected chi connectivity index (χ4v) is 4.42. The van der Waals surface area contributed by atoms with Crippen molar-refractivity contribution in [3.05, 3.63) is 11.1 Å². The van der Waals surface area contributed by atoms with Crippen LogP contribution in [-0.2, 0) is 19.1 Å². The van der Waals surface area contributed by atoms with Crippen molar-refractivity contribution >= 4 is 11.9 Å². The number of rotatable bonds is 2. The predicted octanol–water partition coefficient (Wildman–Crippen LogP) is -0.326. The molecule has 6 atom stereocenters. The third-order valence-corrected chi connectivity index (χ3v) is 5.49. The monoisotopic (exact) mass is 326 g/mol. The molecule has 7 nitrogen and oxygen atoms in total. The zero-order valence-corrected chi connectivity index (χ0v) is 13.2. The van der Waals surface area contributed by atoms with Crippen molar-refractivity contribution in [3.63, 3.8) is 0 Å². The maximum absolute atomic E-state index is 11.9. The first-order valence-corrected chi connectivity index (χ1v) is 7.88. The van der Waals surface area contributed by atoms with Crippen LogP contribution >= 0.6 is 0 Å². The molecule has 0 aromatic rings. The van der Waals surface area contributed by atoms with Crippen LogP contribution in [0.4, 0.5) is 0 Å². The molecule has 0 saturated heterocycles. The third kappa shape index (κ3) is 2.47. The van der Waals surface area contributed by atoms with Gasteiger partial charge in [0, 0.05) is 19.3 Å². The number of aliphatic hydroxyl groups excluding tert-OH is 2. The Kier molecular flexibility index (Phi) is 3.98. The highest BCUT2D eigenvalue weighted by atomic mass is 16.6. The average molecular weight is 326 g/mol. The minimum absolute atomic E-state index is 0.153. The van der Waals surface area contributed by atoms with E-state index in [9.17, 15) is 24.9 Å². The number of fused-ring (bicyclic) bond motifs is 3. The van der Waals surface area contributed by atoms with Crippen LogP contribution in [0.5, 0.6) is 0 Å². The van der Waals surface area contributed by atoms with Gasteiger partial charge in [-0.3, -0.25) is 4.79 Å².